The van der Waals surface area contributed by atoms with E-state index < -0.39 is 4.92 Å². The summed E-state index contributed by atoms with van der Waals surface area (Å²) in [7, 11) is 0. The number of non-ortho nitro benzene ring substituents is 1. The molecule has 0 aliphatic carbocycles. The molecule has 28 heavy (non-hydrogen) atoms. The predicted octanol–water partition coefficient (Wildman–Crippen LogP) is 5.91. The molecule has 0 aliphatic heterocycles. The number of nitrogens with one attached hydrogen (secondary N) is 1. The van der Waals surface area contributed by atoms with Crippen molar-refractivity contribution in [3.63, 3.8) is 0 Å². The van der Waals surface area contributed by atoms with Crippen LogP contribution in [0.25, 0.3) is 21.8 Å². The van der Waals surface area contributed by atoms with Crippen molar-refractivity contribution in [2.24, 2.45) is 0 Å². The van der Waals surface area contributed by atoms with Crippen molar-refractivity contribution in [2.75, 3.05) is 5.32 Å². The van der Waals surface area contributed by atoms with Crippen LogP contribution in [0, 0.1) is 22.6 Å². The molecule has 0 unspecified atom stereocenters. The topological polar surface area (TPSA) is 81.0 Å². The van der Waals surface area contributed by atoms with Crippen LogP contribution in [0.3, 0.4) is 0 Å². The lowest BCUT2D eigenvalue weighted by atomic mass is 10.2. The van der Waals surface area contributed by atoms with Crippen molar-refractivity contribution in [3.05, 3.63) is 80.0 Å². The minimum absolute atomic E-state index is 0.0670. The molecule has 2 aromatic carbocycles. The number of fused-ring (bicyclic) bond motifs is 2. The number of nitro groups is 1. The van der Waals surface area contributed by atoms with Gasteiger partial charge in [0, 0.05) is 51.5 Å². The fourth-order valence-electron chi connectivity index (χ4n) is 2.50. The molecular formula is C20H12Br2N4O2. The average Bonchev–Trinajstić information content (AvgIpc) is 2.68. The standard InChI is InChI=1S/C11H7BrN2.C9H5BrN2O2/c1-2-13-10-3-4-11-8(6-10)5-9(12)7-14-11;10-8-5-7(12(13)14)4-6-2-1-3-11-9(6)8/h1,3-7,13H;1-5H. The molecule has 0 bridgehead atoms. The third-order valence-corrected chi connectivity index (χ3v) is 4.76. The Morgan fingerprint density at radius 1 is 1.07 bits per heavy atom. The monoisotopic (exact) mass is 498 g/mol. The molecule has 6 nitrogen and oxygen atoms in total. The molecule has 0 spiro atoms. The number of hydrogen-bond acceptors (Lipinski definition) is 5. The zero-order valence-corrected chi connectivity index (χ0v) is 17.4. The summed E-state index contributed by atoms with van der Waals surface area (Å²) in [6, 6.07) is 16.7. The molecule has 138 valence electrons. The van der Waals surface area contributed by atoms with Gasteiger partial charge < -0.3 is 5.32 Å². The molecule has 0 aliphatic rings. The highest BCUT2D eigenvalue weighted by atomic mass is 79.9. The van der Waals surface area contributed by atoms with Crippen LogP contribution in [0.2, 0.25) is 0 Å². The lowest BCUT2D eigenvalue weighted by Crippen LogP contribution is -1.89. The van der Waals surface area contributed by atoms with Crippen LogP contribution in [0.4, 0.5) is 11.4 Å². The van der Waals surface area contributed by atoms with Crippen LogP contribution >= 0.6 is 31.9 Å². The Kier molecular flexibility index (Phi) is 6.19. The van der Waals surface area contributed by atoms with Crippen molar-refractivity contribution in [1.82, 2.24) is 9.97 Å². The summed E-state index contributed by atoms with van der Waals surface area (Å²) in [5.74, 6) is 0. The maximum Gasteiger partial charge on any atom is 0.271 e. The lowest BCUT2D eigenvalue weighted by molar-refractivity contribution is -0.384. The fourth-order valence-corrected chi connectivity index (χ4v) is 3.42. The molecule has 2 heterocycles. The van der Waals surface area contributed by atoms with Crippen LogP contribution < -0.4 is 5.32 Å². The van der Waals surface area contributed by atoms with Crippen molar-refractivity contribution in [3.8, 4) is 12.5 Å². The highest BCUT2D eigenvalue weighted by Crippen LogP contribution is 2.27. The van der Waals surface area contributed by atoms with Gasteiger partial charge in [-0.3, -0.25) is 20.1 Å². The number of anilines is 1. The first-order chi connectivity index (χ1) is 13.5. The minimum atomic E-state index is -0.419. The first kappa shape index (κ1) is 19.7. The van der Waals surface area contributed by atoms with Gasteiger partial charge in [-0.1, -0.05) is 12.5 Å². The summed E-state index contributed by atoms with van der Waals surface area (Å²) in [6.07, 6.45) is 8.57. The van der Waals surface area contributed by atoms with E-state index >= 15 is 0 Å². The molecule has 0 amide bonds. The number of nitrogens with zero attached hydrogens (tertiary/aromatic N) is 3. The summed E-state index contributed by atoms with van der Waals surface area (Å²) >= 11 is 6.62. The zero-order valence-electron chi connectivity index (χ0n) is 14.3. The Hall–Kier alpha value is -3.02. The predicted molar refractivity (Wildman–Crippen MR) is 118 cm³/mol. The highest BCUT2D eigenvalue weighted by molar-refractivity contribution is 9.11. The van der Waals surface area contributed by atoms with E-state index in [4.69, 9.17) is 6.42 Å². The van der Waals surface area contributed by atoms with Crippen LogP contribution in [0.15, 0.2) is 69.9 Å². The molecule has 0 atom stereocenters. The number of terminal acetylenes is 1. The number of halogens is 2. The van der Waals surface area contributed by atoms with E-state index in [9.17, 15) is 10.1 Å². The number of rotatable bonds is 2. The number of nitro benzene ring substituents is 1. The molecule has 8 heteroatoms. The summed E-state index contributed by atoms with van der Waals surface area (Å²) < 4.78 is 1.60. The molecule has 4 rings (SSSR count). The first-order valence-electron chi connectivity index (χ1n) is 7.93. The number of pyridine rings is 2. The fraction of sp³-hybridized carbons (Fsp3) is 0. The zero-order chi connectivity index (χ0) is 20.1. The van der Waals surface area contributed by atoms with Gasteiger partial charge in [-0.15, -0.1) is 0 Å². The molecule has 0 saturated heterocycles. The Labute approximate surface area is 177 Å². The van der Waals surface area contributed by atoms with Gasteiger partial charge in [-0.25, -0.2) is 0 Å². The van der Waals surface area contributed by atoms with Gasteiger partial charge in [0.25, 0.3) is 5.69 Å². The van der Waals surface area contributed by atoms with Gasteiger partial charge in [-0.2, -0.15) is 0 Å². The Balaban J connectivity index is 0.000000161. The number of aromatic nitrogens is 2. The second-order valence-corrected chi connectivity index (χ2v) is 7.36. The summed E-state index contributed by atoms with van der Waals surface area (Å²) in [4.78, 5) is 18.5. The number of benzene rings is 2. The van der Waals surface area contributed by atoms with E-state index in [0.717, 1.165) is 32.0 Å². The van der Waals surface area contributed by atoms with Gasteiger partial charge in [-0.05, 0) is 62.2 Å². The van der Waals surface area contributed by atoms with E-state index in [2.05, 4.69) is 53.2 Å². The van der Waals surface area contributed by atoms with Gasteiger partial charge in [0.15, 0.2) is 0 Å². The second kappa shape index (κ2) is 8.78. The third-order valence-electron chi connectivity index (χ3n) is 3.72. The quantitative estimate of drug-likeness (QED) is 0.160. The van der Waals surface area contributed by atoms with Gasteiger partial charge >= 0.3 is 0 Å². The largest absolute Gasteiger partial charge is 0.315 e. The van der Waals surface area contributed by atoms with Crippen LogP contribution in [0.1, 0.15) is 0 Å². The van der Waals surface area contributed by atoms with E-state index in [-0.39, 0.29) is 5.69 Å². The molecular weight excluding hydrogens is 488 g/mol. The molecule has 1 N–H and O–H groups in total. The van der Waals surface area contributed by atoms with Crippen molar-refractivity contribution < 1.29 is 4.92 Å². The maximum atomic E-state index is 10.6. The normalized spacial score (nSPS) is 10.0. The third kappa shape index (κ3) is 4.63. The second-order valence-electron chi connectivity index (χ2n) is 5.59. The minimum Gasteiger partial charge on any atom is -0.315 e. The average molecular weight is 500 g/mol. The van der Waals surface area contributed by atoms with Gasteiger partial charge in [0.1, 0.15) is 0 Å². The summed E-state index contributed by atoms with van der Waals surface area (Å²) in [5, 5.41) is 15.2. The van der Waals surface area contributed by atoms with E-state index in [1.54, 1.807) is 24.5 Å². The summed E-state index contributed by atoms with van der Waals surface area (Å²) in [5.41, 5.74) is 2.66. The highest BCUT2D eigenvalue weighted by Gasteiger charge is 2.09. The maximum absolute atomic E-state index is 10.6. The van der Waals surface area contributed by atoms with Gasteiger partial charge in [0.05, 0.1) is 20.4 Å². The molecule has 4 aromatic rings. The Morgan fingerprint density at radius 3 is 2.64 bits per heavy atom. The van der Waals surface area contributed by atoms with Crippen LogP contribution in [-0.4, -0.2) is 14.9 Å². The molecule has 0 saturated carbocycles. The SMILES string of the molecule is C#CNc1ccc2ncc(Br)cc2c1.O=[N+]([O-])c1cc(Br)c2ncccc2c1. The molecule has 0 fully saturated rings. The van der Waals surface area contributed by atoms with E-state index in [1.165, 1.54) is 12.1 Å². The molecule has 0 radical (unpaired) electrons. The van der Waals surface area contributed by atoms with E-state index in [0.29, 0.717) is 4.47 Å². The van der Waals surface area contributed by atoms with Crippen molar-refractivity contribution >= 4 is 65.0 Å². The van der Waals surface area contributed by atoms with Gasteiger partial charge in [0.2, 0.25) is 0 Å². The van der Waals surface area contributed by atoms with Crippen LogP contribution in [-0.2, 0) is 0 Å². The van der Waals surface area contributed by atoms with E-state index in [1.807, 2.05) is 24.3 Å². The Bertz CT molecular complexity index is 1220. The van der Waals surface area contributed by atoms with Crippen LogP contribution in [0.5, 0.6) is 0 Å². The first-order valence-corrected chi connectivity index (χ1v) is 9.52. The lowest BCUT2D eigenvalue weighted by Gasteiger charge is -2.01. The smallest absolute Gasteiger partial charge is 0.271 e. The van der Waals surface area contributed by atoms with Crippen molar-refractivity contribution in [1.29, 1.82) is 0 Å². The summed E-state index contributed by atoms with van der Waals surface area (Å²) in [6.45, 7) is 0. The van der Waals surface area contributed by atoms with Crippen molar-refractivity contribution in [2.45, 2.75) is 0 Å². The number of hydrogen-bond donors (Lipinski definition) is 1. The molecule has 2 aromatic heterocycles. The Morgan fingerprint density at radius 2 is 1.89 bits per heavy atom.